The van der Waals surface area contributed by atoms with Gasteiger partial charge in [-0.25, -0.2) is 0 Å². The van der Waals surface area contributed by atoms with Gasteiger partial charge in [-0.15, -0.1) is 0 Å². The van der Waals surface area contributed by atoms with Crippen molar-refractivity contribution in [1.29, 1.82) is 0 Å². The molecule has 0 unspecified atom stereocenters. The van der Waals surface area contributed by atoms with Gasteiger partial charge in [-0.05, 0) is 73.7 Å². The normalized spacial score (nSPS) is 20.6. The third-order valence-corrected chi connectivity index (χ3v) is 6.01. The van der Waals surface area contributed by atoms with Crippen molar-refractivity contribution in [1.82, 2.24) is 4.90 Å². The zero-order chi connectivity index (χ0) is 21.1. The molecule has 0 bridgehead atoms. The van der Waals surface area contributed by atoms with Crippen molar-refractivity contribution in [3.8, 4) is 17.2 Å². The van der Waals surface area contributed by atoms with E-state index in [9.17, 15) is 4.79 Å². The lowest BCUT2D eigenvalue weighted by atomic mass is 9.92. The van der Waals surface area contributed by atoms with E-state index in [-0.39, 0.29) is 18.1 Å². The van der Waals surface area contributed by atoms with Crippen LogP contribution in [0.3, 0.4) is 0 Å². The van der Waals surface area contributed by atoms with Gasteiger partial charge < -0.3 is 23.8 Å². The van der Waals surface area contributed by atoms with Crippen molar-refractivity contribution < 1.29 is 23.7 Å². The predicted octanol–water partition coefficient (Wildman–Crippen LogP) is 4.02. The van der Waals surface area contributed by atoms with Gasteiger partial charge in [-0.2, -0.15) is 0 Å². The number of hydrogen-bond donors (Lipinski definition) is 0. The highest BCUT2D eigenvalue weighted by molar-refractivity contribution is 5.94. The van der Waals surface area contributed by atoms with E-state index >= 15 is 0 Å². The Balaban J connectivity index is 1.45. The first-order valence-electron chi connectivity index (χ1n) is 10.5. The lowest BCUT2D eigenvalue weighted by Gasteiger charge is -2.36. The molecule has 4 rings (SSSR count). The van der Waals surface area contributed by atoms with Crippen molar-refractivity contribution >= 4 is 5.91 Å². The van der Waals surface area contributed by atoms with Crippen LogP contribution in [-0.2, 0) is 11.2 Å². The Hall–Kier alpha value is -2.73. The van der Waals surface area contributed by atoms with Gasteiger partial charge in [-0.3, -0.25) is 4.79 Å². The maximum Gasteiger partial charge on any atom is 0.254 e. The number of ether oxygens (including phenoxy) is 4. The Morgan fingerprint density at radius 3 is 2.53 bits per heavy atom. The molecule has 2 aromatic carbocycles. The number of methoxy groups -OCH3 is 2. The summed E-state index contributed by atoms with van der Waals surface area (Å²) in [5.41, 5.74) is 2.96. The van der Waals surface area contributed by atoms with Gasteiger partial charge in [0, 0.05) is 18.7 Å². The summed E-state index contributed by atoms with van der Waals surface area (Å²) in [5, 5.41) is 0. The molecule has 0 aliphatic carbocycles. The summed E-state index contributed by atoms with van der Waals surface area (Å²) in [5.74, 6) is 2.19. The molecule has 0 N–H and O–H groups in total. The Morgan fingerprint density at radius 1 is 1.13 bits per heavy atom. The molecule has 0 aromatic heterocycles. The van der Waals surface area contributed by atoms with Crippen LogP contribution in [0.25, 0.3) is 0 Å². The SMILES string of the molecule is COc1cc2c(cc1OC)[C@H](C)N(C(=O)c1ccc(OC[C@@H]3CCCO3)cc1)CC2. The highest BCUT2D eigenvalue weighted by Crippen LogP contribution is 2.38. The number of rotatable bonds is 6. The van der Waals surface area contributed by atoms with Crippen LogP contribution >= 0.6 is 0 Å². The molecule has 2 aromatic rings. The Labute approximate surface area is 177 Å². The molecule has 1 amide bonds. The molecule has 2 atom stereocenters. The van der Waals surface area contributed by atoms with Crippen LogP contribution in [0.1, 0.15) is 47.3 Å². The van der Waals surface area contributed by atoms with Gasteiger partial charge in [0.1, 0.15) is 12.4 Å². The molecule has 30 heavy (non-hydrogen) atoms. The molecule has 0 spiro atoms. The third-order valence-electron chi connectivity index (χ3n) is 6.01. The monoisotopic (exact) mass is 411 g/mol. The highest BCUT2D eigenvalue weighted by Gasteiger charge is 2.29. The first kappa shape index (κ1) is 20.5. The molecule has 2 aliphatic rings. The fourth-order valence-corrected chi connectivity index (χ4v) is 4.25. The van der Waals surface area contributed by atoms with E-state index in [1.807, 2.05) is 41.3 Å². The van der Waals surface area contributed by atoms with Gasteiger partial charge in [-0.1, -0.05) is 0 Å². The van der Waals surface area contributed by atoms with E-state index in [0.717, 1.165) is 42.9 Å². The fraction of sp³-hybridized carbons (Fsp3) is 0.458. The van der Waals surface area contributed by atoms with Crippen molar-refractivity contribution in [3.05, 3.63) is 53.1 Å². The van der Waals surface area contributed by atoms with Crippen molar-refractivity contribution in [2.45, 2.75) is 38.3 Å². The standard InChI is InChI=1S/C24H29NO5/c1-16-21-14-23(28-3)22(27-2)13-18(21)10-11-25(16)24(26)17-6-8-19(9-7-17)30-15-20-5-4-12-29-20/h6-9,13-14,16,20H,4-5,10-12,15H2,1-3H3/t16-,20-/m0/s1. The number of benzene rings is 2. The molecule has 160 valence electrons. The van der Waals surface area contributed by atoms with E-state index in [4.69, 9.17) is 18.9 Å². The number of fused-ring (bicyclic) bond motifs is 1. The van der Waals surface area contributed by atoms with Crippen LogP contribution in [0.5, 0.6) is 17.2 Å². The largest absolute Gasteiger partial charge is 0.493 e. The predicted molar refractivity (Wildman–Crippen MR) is 114 cm³/mol. The number of hydrogen-bond acceptors (Lipinski definition) is 5. The van der Waals surface area contributed by atoms with E-state index in [1.165, 1.54) is 5.56 Å². The Morgan fingerprint density at radius 2 is 1.87 bits per heavy atom. The van der Waals surface area contributed by atoms with Crippen molar-refractivity contribution in [2.24, 2.45) is 0 Å². The van der Waals surface area contributed by atoms with Crippen LogP contribution in [-0.4, -0.2) is 50.9 Å². The second kappa shape index (κ2) is 8.96. The van der Waals surface area contributed by atoms with Crippen LogP contribution in [0, 0.1) is 0 Å². The molecule has 6 nitrogen and oxygen atoms in total. The van der Waals surface area contributed by atoms with E-state index in [1.54, 1.807) is 14.2 Å². The minimum absolute atomic E-state index is 0.0219. The van der Waals surface area contributed by atoms with Crippen LogP contribution in [0.2, 0.25) is 0 Å². The third kappa shape index (κ3) is 4.10. The summed E-state index contributed by atoms with van der Waals surface area (Å²) in [6.45, 7) is 4.09. The van der Waals surface area contributed by atoms with Gasteiger partial charge in [0.2, 0.25) is 0 Å². The summed E-state index contributed by atoms with van der Waals surface area (Å²) < 4.78 is 22.3. The van der Waals surface area contributed by atoms with Crippen molar-refractivity contribution in [3.63, 3.8) is 0 Å². The second-order valence-corrected chi connectivity index (χ2v) is 7.80. The minimum atomic E-state index is -0.0449. The highest BCUT2D eigenvalue weighted by atomic mass is 16.5. The molecular formula is C24H29NO5. The maximum absolute atomic E-state index is 13.2. The number of carbonyl (C=O) groups excluding carboxylic acids is 1. The Kier molecular flexibility index (Phi) is 6.13. The van der Waals surface area contributed by atoms with E-state index in [2.05, 4.69) is 6.92 Å². The maximum atomic E-state index is 13.2. The molecular weight excluding hydrogens is 382 g/mol. The number of carbonyl (C=O) groups is 1. The molecule has 0 radical (unpaired) electrons. The quantitative estimate of drug-likeness (QED) is 0.719. The zero-order valence-electron chi connectivity index (χ0n) is 17.8. The number of nitrogens with zero attached hydrogens (tertiary/aromatic N) is 1. The smallest absolute Gasteiger partial charge is 0.254 e. The molecule has 2 aliphatic heterocycles. The molecule has 6 heteroatoms. The zero-order valence-corrected chi connectivity index (χ0v) is 17.8. The lowest BCUT2D eigenvalue weighted by molar-refractivity contribution is 0.0669. The summed E-state index contributed by atoms with van der Waals surface area (Å²) in [6.07, 6.45) is 3.10. The van der Waals surface area contributed by atoms with Crippen LogP contribution in [0.15, 0.2) is 36.4 Å². The average Bonchev–Trinajstić information content (AvgIpc) is 3.31. The first-order chi connectivity index (χ1) is 14.6. The first-order valence-corrected chi connectivity index (χ1v) is 10.5. The minimum Gasteiger partial charge on any atom is -0.493 e. The van der Waals surface area contributed by atoms with Crippen LogP contribution in [0.4, 0.5) is 0 Å². The summed E-state index contributed by atoms with van der Waals surface area (Å²) in [4.78, 5) is 15.1. The average molecular weight is 411 g/mol. The fourth-order valence-electron chi connectivity index (χ4n) is 4.25. The summed E-state index contributed by atoms with van der Waals surface area (Å²) >= 11 is 0. The van der Waals surface area contributed by atoms with Gasteiger partial charge >= 0.3 is 0 Å². The van der Waals surface area contributed by atoms with Gasteiger partial charge in [0.25, 0.3) is 5.91 Å². The van der Waals surface area contributed by atoms with E-state index < -0.39 is 0 Å². The topological polar surface area (TPSA) is 57.2 Å². The lowest BCUT2D eigenvalue weighted by Crippen LogP contribution is -2.38. The van der Waals surface area contributed by atoms with Gasteiger partial charge in [0.05, 0.1) is 26.4 Å². The second-order valence-electron chi connectivity index (χ2n) is 7.80. The van der Waals surface area contributed by atoms with E-state index in [0.29, 0.717) is 24.5 Å². The van der Waals surface area contributed by atoms with Gasteiger partial charge in [0.15, 0.2) is 11.5 Å². The number of amides is 1. The molecule has 2 heterocycles. The van der Waals surface area contributed by atoms with Crippen LogP contribution < -0.4 is 14.2 Å². The summed E-state index contributed by atoms with van der Waals surface area (Å²) in [7, 11) is 3.27. The molecule has 1 fully saturated rings. The Bertz CT molecular complexity index is 889. The van der Waals surface area contributed by atoms with Crippen molar-refractivity contribution in [2.75, 3.05) is 34.0 Å². The molecule has 1 saturated heterocycles. The summed E-state index contributed by atoms with van der Waals surface area (Å²) in [6, 6.07) is 11.4. The molecule has 0 saturated carbocycles.